The Bertz CT molecular complexity index is 438. The quantitative estimate of drug-likeness (QED) is 0.387. The molecule has 1 aliphatic rings. The first-order valence-corrected chi connectivity index (χ1v) is 7.65. The molecule has 1 fully saturated rings. The smallest absolute Gasteiger partial charge is 0.145 e. The second kappa shape index (κ2) is 5.59. The summed E-state index contributed by atoms with van der Waals surface area (Å²) in [5, 5.41) is 14.1. The maximum absolute atomic E-state index is 8.81. The number of hydrogen-bond donors (Lipinski definition) is 2. The number of hydrogen-bond acceptors (Lipinski definition) is 4. The van der Waals surface area contributed by atoms with Gasteiger partial charge in [0.05, 0.1) is 0 Å². The SMILES string of the molecule is CC1(/C(N)=N/O)CCN(Cc2sccc2Br)CC1. The first-order valence-electron chi connectivity index (χ1n) is 5.97. The molecule has 100 valence electrons. The van der Waals surface area contributed by atoms with E-state index in [1.54, 1.807) is 11.3 Å². The highest BCUT2D eigenvalue weighted by molar-refractivity contribution is 9.10. The molecule has 0 saturated carbocycles. The number of likely N-dealkylation sites (tertiary alicyclic amines) is 1. The Morgan fingerprint density at radius 1 is 1.61 bits per heavy atom. The average Bonchev–Trinajstić information content (AvgIpc) is 2.77. The molecule has 0 unspecified atom stereocenters. The van der Waals surface area contributed by atoms with E-state index in [0.717, 1.165) is 32.5 Å². The minimum absolute atomic E-state index is 0.155. The molecule has 18 heavy (non-hydrogen) atoms. The predicted molar refractivity (Wildman–Crippen MR) is 78.0 cm³/mol. The van der Waals surface area contributed by atoms with E-state index in [1.807, 2.05) is 0 Å². The van der Waals surface area contributed by atoms with Crippen LogP contribution in [0.15, 0.2) is 21.1 Å². The summed E-state index contributed by atoms with van der Waals surface area (Å²) in [7, 11) is 0. The van der Waals surface area contributed by atoms with Crippen LogP contribution < -0.4 is 5.73 Å². The van der Waals surface area contributed by atoms with Gasteiger partial charge >= 0.3 is 0 Å². The Morgan fingerprint density at radius 3 is 2.78 bits per heavy atom. The van der Waals surface area contributed by atoms with Gasteiger partial charge in [-0.1, -0.05) is 12.1 Å². The normalized spacial score (nSPS) is 21.1. The summed E-state index contributed by atoms with van der Waals surface area (Å²) >= 11 is 5.34. The average molecular weight is 332 g/mol. The number of oxime groups is 1. The third kappa shape index (κ3) is 2.87. The number of piperidine rings is 1. The Morgan fingerprint density at radius 2 is 2.28 bits per heavy atom. The van der Waals surface area contributed by atoms with E-state index in [4.69, 9.17) is 10.9 Å². The van der Waals surface area contributed by atoms with Gasteiger partial charge in [-0.3, -0.25) is 4.90 Å². The molecule has 0 amide bonds. The lowest BCUT2D eigenvalue weighted by Crippen LogP contribution is -2.45. The van der Waals surface area contributed by atoms with Crippen LogP contribution in [-0.4, -0.2) is 29.0 Å². The van der Waals surface area contributed by atoms with Crippen LogP contribution >= 0.6 is 27.3 Å². The van der Waals surface area contributed by atoms with Crippen molar-refractivity contribution in [2.75, 3.05) is 13.1 Å². The molecular weight excluding hydrogens is 314 g/mol. The van der Waals surface area contributed by atoms with Gasteiger partial charge < -0.3 is 10.9 Å². The lowest BCUT2D eigenvalue weighted by molar-refractivity contribution is 0.154. The molecule has 6 heteroatoms. The van der Waals surface area contributed by atoms with Crippen molar-refractivity contribution in [1.82, 2.24) is 4.90 Å². The van der Waals surface area contributed by atoms with Crippen molar-refractivity contribution >= 4 is 33.1 Å². The van der Waals surface area contributed by atoms with E-state index in [1.165, 1.54) is 9.35 Å². The van der Waals surface area contributed by atoms with Crippen molar-refractivity contribution in [2.24, 2.45) is 16.3 Å². The molecule has 0 spiro atoms. The Hall–Kier alpha value is -0.590. The second-order valence-corrected chi connectivity index (χ2v) is 6.87. The van der Waals surface area contributed by atoms with Crippen molar-refractivity contribution in [1.29, 1.82) is 0 Å². The van der Waals surface area contributed by atoms with Gasteiger partial charge in [0.1, 0.15) is 5.84 Å². The van der Waals surface area contributed by atoms with Crippen molar-refractivity contribution < 1.29 is 5.21 Å². The number of rotatable bonds is 3. The van der Waals surface area contributed by atoms with E-state index in [2.05, 4.69) is 44.4 Å². The highest BCUT2D eigenvalue weighted by atomic mass is 79.9. The van der Waals surface area contributed by atoms with Crippen LogP contribution in [0.25, 0.3) is 0 Å². The predicted octanol–water partition coefficient (Wildman–Crippen LogP) is 2.86. The summed E-state index contributed by atoms with van der Waals surface area (Å²) in [6.07, 6.45) is 1.87. The molecule has 0 aromatic carbocycles. The third-order valence-corrected chi connectivity index (χ3v) is 5.66. The van der Waals surface area contributed by atoms with Gasteiger partial charge in [0, 0.05) is 21.3 Å². The zero-order chi connectivity index (χ0) is 13.2. The summed E-state index contributed by atoms with van der Waals surface area (Å²) in [6.45, 7) is 5.01. The van der Waals surface area contributed by atoms with Crippen LogP contribution in [-0.2, 0) is 6.54 Å². The van der Waals surface area contributed by atoms with Gasteiger partial charge in [0.2, 0.25) is 0 Å². The summed E-state index contributed by atoms with van der Waals surface area (Å²) in [5.41, 5.74) is 5.61. The molecule has 4 nitrogen and oxygen atoms in total. The number of nitrogens with zero attached hydrogens (tertiary/aromatic N) is 2. The van der Waals surface area contributed by atoms with Crippen LogP contribution in [0.1, 0.15) is 24.6 Å². The molecule has 1 aromatic rings. The van der Waals surface area contributed by atoms with Crippen LogP contribution in [0, 0.1) is 5.41 Å². The van der Waals surface area contributed by atoms with Crippen molar-refractivity contribution in [3.63, 3.8) is 0 Å². The molecule has 3 N–H and O–H groups in total. The van der Waals surface area contributed by atoms with Crippen LogP contribution in [0.5, 0.6) is 0 Å². The van der Waals surface area contributed by atoms with Gasteiger partial charge in [-0.25, -0.2) is 0 Å². The topological polar surface area (TPSA) is 61.9 Å². The molecule has 0 aliphatic carbocycles. The molecule has 2 heterocycles. The van der Waals surface area contributed by atoms with Gasteiger partial charge in [-0.05, 0) is 53.3 Å². The zero-order valence-electron chi connectivity index (χ0n) is 10.4. The minimum atomic E-state index is -0.155. The van der Waals surface area contributed by atoms with Gasteiger partial charge in [-0.15, -0.1) is 11.3 Å². The first kappa shape index (κ1) is 13.8. The number of nitrogens with two attached hydrogens (primary N) is 1. The standard InChI is InChI=1S/C12H18BrN3OS/c1-12(11(14)15-17)3-5-16(6-4-12)8-10-9(13)2-7-18-10/h2,7,17H,3-6,8H2,1H3,(H2,14,15). The van der Waals surface area contributed by atoms with Crippen LogP contribution in [0.2, 0.25) is 0 Å². The fourth-order valence-corrected chi connectivity index (χ4v) is 3.74. The Kier molecular flexibility index (Phi) is 4.29. The van der Waals surface area contributed by atoms with E-state index >= 15 is 0 Å². The molecule has 0 bridgehead atoms. The molecule has 1 aliphatic heterocycles. The van der Waals surface area contributed by atoms with Gasteiger partial charge in [0.25, 0.3) is 0 Å². The monoisotopic (exact) mass is 331 g/mol. The second-order valence-electron chi connectivity index (χ2n) is 5.01. The Balaban J connectivity index is 1.93. The third-order valence-electron chi connectivity index (χ3n) is 3.74. The van der Waals surface area contributed by atoms with Gasteiger partial charge in [-0.2, -0.15) is 0 Å². The van der Waals surface area contributed by atoms with Crippen LogP contribution in [0.3, 0.4) is 0 Å². The van der Waals surface area contributed by atoms with Gasteiger partial charge in [0.15, 0.2) is 0 Å². The number of thiophene rings is 1. The molecule has 2 rings (SSSR count). The summed E-state index contributed by atoms with van der Waals surface area (Å²) < 4.78 is 1.19. The maximum atomic E-state index is 8.81. The molecule has 0 atom stereocenters. The Labute approximate surface area is 120 Å². The van der Waals surface area contributed by atoms with E-state index in [9.17, 15) is 0 Å². The molecule has 1 saturated heterocycles. The fourth-order valence-electron chi connectivity index (χ4n) is 2.22. The lowest BCUT2D eigenvalue weighted by Gasteiger charge is -2.38. The highest BCUT2D eigenvalue weighted by Gasteiger charge is 2.34. The molecular formula is C12H18BrN3OS. The highest BCUT2D eigenvalue weighted by Crippen LogP contribution is 2.33. The van der Waals surface area contributed by atoms with Crippen molar-refractivity contribution in [2.45, 2.75) is 26.3 Å². The number of amidine groups is 1. The molecule has 1 aromatic heterocycles. The summed E-state index contributed by atoms with van der Waals surface area (Å²) in [4.78, 5) is 3.78. The maximum Gasteiger partial charge on any atom is 0.145 e. The van der Waals surface area contributed by atoms with E-state index in [0.29, 0.717) is 5.84 Å². The van der Waals surface area contributed by atoms with E-state index < -0.39 is 0 Å². The molecule has 0 radical (unpaired) electrons. The zero-order valence-corrected chi connectivity index (χ0v) is 12.8. The summed E-state index contributed by atoms with van der Waals surface area (Å²) in [6, 6.07) is 2.09. The fraction of sp³-hybridized carbons (Fsp3) is 0.583. The summed E-state index contributed by atoms with van der Waals surface area (Å²) in [5.74, 6) is 0.361. The lowest BCUT2D eigenvalue weighted by atomic mass is 9.79. The first-order chi connectivity index (χ1) is 8.55. The van der Waals surface area contributed by atoms with Crippen molar-refractivity contribution in [3.8, 4) is 0 Å². The van der Waals surface area contributed by atoms with E-state index in [-0.39, 0.29) is 5.41 Å². The van der Waals surface area contributed by atoms with Crippen molar-refractivity contribution in [3.05, 3.63) is 20.8 Å². The van der Waals surface area contributed by atoms with Crippen LogP contribution in [0.4, 0.5) is 0 Å². The number of halogens is 1. The largest absolute Gasteiger partial charge is 0.409 e. The minimum Gasteiger partial charge on any atom is -0.409 e.